The van der Waals surface area contributed by atoms with E-state index >= 15 is 0 Å². The highest BCUT2D eigenvalue weighted by molar-refractivity contribution is 5.75. The van der Waals surface area contributed by atoms with Crippen LogP contribution in [0.3, 0.4) is 0 Å². The number of carbonyl (C=O) groups is 1. The molecule has 1 N–H and O–H groups in total. The van der Waals surface area contributed by atoms with Crippen molar-refractivity contribution in [1.82, 2.24) is 10.2 Å². The van der Waals surface area contributed by atoms with Gasteiger partial charge >= 0.3 is 0 Å². The van der Waals surface area contributed by atoms with E-state index in [2.05, 4.69) is 17.4 Å². The number of hydrogen-bond donors (Lipinski definition) is 1. The quantitative estimate of drug-likeness (QED) is 0.728. The molecule has 106 valence electrons. The molecule has 1 aromatic carbocycles. The Bertz CT molecular complexity index is 391. The summed E-state index contributed by atoms with van der Waals surface area (Å²) >= 11 is 0. The first-order valence-corrected chi connectivity index (χ1v) is 6.61. The van der Waals surface area contributed by atoms with Crippen molar-refractivity contribution in [3.63, 3.8) is 0 Å². The van der Waals surface area contributed by atoms with Gasteiger partial charge < -0.3 is 15.0 Å². The van der Waals surface area contributed by atoms with Crippen LogP contribution in [0.5, 0.6) is 0 Å². The maximum absolute atomic E-state index is 11.4. The number of hydrogen-bond acceptors (Lipinski definition) is 3. The Hall–Kier alpha value is -1.39. The number of benzene rings is 1. The van der Waals surface area contributed by atoms with Gasteiger partial charge in [0.25, 0.3) is 0 Å². The summed E-state index contributed by atoms with van der Waals surface area (Å²) in [7, 11) is 5.28. The van der Waals surface area contributed by atoms with Gasteiger partial charge in [-0.15, -0.1) is 0 Å². The zero-order chi connectivity index (χ0) is 14.1. The topological polar surface area (TPSA) is 41.6 Å². The molecule has 0 saturated carbocycles. The van der Waals surface area contributed by atoms with Gasteiger partial charge in [0.15, 0.2) is 0 Å². The lowest BCUT2D eigenvalue weighted by atomic mass is 10.1. The van der Waals surface area contributed by atoms with Crippen molar-refractivity contribution in [2.45, 2.75) is 26.0 Å². The number of nitrogens with one attached hydrogen (secondary N) is 1. The largest absolute Gasteiger partial charge is 0.380 e. The molecule has 19 heavy (non-hydrogen) atoms. The molecule has 0 atom stereocenters. The van der Waals surface area contributed by atoms with Crippen LogP contribution in [0, 0.1) is 0 Å². The fraction of sp³-hybridized carbons (Fsp3) is 0.533. The molecular weight excluding hydrogens is 240 g/mol. The minimum absolute atomic E-state index is 0.182. The van der Waals surface area contributed by atoms with Crippen molar-refractivity contribution >= 4 is 5.91 Å². The van der Waals surface area contributed by atoms with Crippen LogP contribution in [0.25, 0.3) is 0 Å². The Kier molecular flexibility index (Phi) is 7.15. The summed E-state index contributed by atoms with van der Waals surface area (Å²) in [6, 6.07) is 8.24. The van der Waals surface area contributed by atoms with Crippen LogP contribution in [0.4, 0.5) is 0 Å². The Morgan fingerprint density at radius 3 is 2.58 bits per heavy atom. The lowest BCUT2D eigenvalue weighted by Gasteiger charge is -2.11. The molecule has 0 radical (unpaired) electrons. The van der Waals surface area contributed by atoms with Crippen LogP contribution in [0.15, 0.2) is 24.3 Å². The third-order valence-corrected chi connectivity index (χ3v) is 2.98. The second-order valence-electron chi connectivity index (χ2n) is 4.77. The standard InChI is InChI=1S/C15H24N2O2/c1-17(2)15(18)9-6-10-16-11-13-7-4-5-8-14(13)12-19-3/h4-5,7-8,16H,6,9-12H2,1-3H3. The lowest BCUT2D eigenvalue weighted by Crippen LogP contribution is -2.23. The monoisotopic (exact) mass is 264 g/mol. The van der Waals surface area contributed by atoms with E-state index in [0.717, 1.165) is 19.5 Å². The fourth-order valence-corrected chi connectivity index (χ4v) is 1.84. The van der Waals surface area contributed by atoms with Gasteiger partial charge in [0, 0.05) is 34.2 Å². The van der Waals surface area contributed by atoms with Crippen molar-refractivity contribution in [3.8, 4) is 0 Å². The molecular formula is C15H24N2O2. The van der Waals surface area contributed by atoms with E-state index in [1.54, 1.807) is 26.1 Å². The first-order chi connectivity index (χ1) is 9.15. The highest BCUT2D eigenvalue weighted by Gasteiger charge is 2.03. The van der Waals surface area contributed by atoms with Crippen molar-refractivity contribution in [2.75, 3.05) is 27.7 Å². The Morgan fingerprint density at radius 2 is 1.95 bits per heavy atom. The van der Waals surface area contributed by atoms with Crippen LogP contribution in [0.2, 0.25) is 0 Å². The number of methoxy groups -OCH3 is 1. The fourth-order valence-electron chi connectivity index (χ4n) is 1.84. The smallest absolute Gasteiger partial charge is 0.222 e. The SMILES string of the molecule is COCc1ccccc1CNCCCC(=O)N(C)C. The minimum Gasteiger partial charge on any atom is -0.380 e. The first-order valence-electron chi connectivity index (χ1n) is 6.61. The highest BCUT2D eigenvalue weighted by Crippen LogP contribution is 2.09. The molecule has 1 rings (SSSR count). The normalized spacial score (nSPS) is 10.5. The van der Waals surface area contributed by atoms with E-state index in [9.17, 15) is 4.79 Å². The van der Waals surface area contributed by atoms with Crippen molar-refractivity contribution in [1.29, 1.82) is 0 Å². The number of carbonyl (C=O) groups excluding carboxylic acids is 1. The zero-order valence-electron chi connectivity index (χ0n) is 12.1. The Morgan fingerprint density at radius 1 is 1.26 bits per heavy atom. The van der Waals surface area contributed by atoms with E-state index in [0.29, 0.717) is 13.0 Å². The van der Waals surface area contributed by atoms with Crippen LogP contribution in [-0.2, 0) is 22.7 Å². The minimum atomic E-state index is 0.182. The van der Waals surface area contributed by atoms with Gasteiger partial charge in [-0.1, -0.05) is 24.3 Å². The number of amides is 1. The number of ether oxygens (including phenoxy) is 1. The predicted molar refractivity (Wildman–Crippen MR) is 76.8 cm³/mol. The third kappa shape index (κ3) is 5.85. The van der Waals surface area contributed by atoms with E-state index in [-0.39, 0.29) is 5.91 Å². The molecule has 0 heterocycles. The van der Waals surface area contributed by atoms with Gasteiger partial charge in [0.05, 0.1) is 6.61 Å². The predicted octanol–water partition coefficient (Wildman–Crippen LogP) is 1.79. The van der Waals surface area contributed by atoms with Crippen molar-refractivity contribution in [3.05, 3.63) is 35.4 Å². The second kappa shape index (κ2) is 8.67. The van der Waals surface area contributed by atoms with Gasteiger partial charge in [0.1, 0.15) is 0 Å². The molecule has 0 aromatic heterocycles. The first kappa shape index (κ1) is 15.7. The summed E-state index contributed by atoms with van der Waals surface area (Å²) < 4.78 is 5.18. The van der Waals surface area contributed by atoms with Crippen LogP contribution < -0.4 is 5.32 Å². The maximum Gasteiger partial charge on any atom is 0.222 e. The van der Waals surface area contributed by atoms with Gasteiger partial charge in [0.2, 0.25) is 5.91 Å². The summed E-state index contributed by atoms with van der Waals surface area (Å²) in [5, 5.41) is 3.37. The molecule has 0 aliphatic carbocycles. The average molecular weight is 264 g/mol. The lowest BCUT2D eigenvalue weighted by molar-refractivity contribution is -0.128. The average Bonchev–Trinajstić information content (AvgIpc) is 2.40. The van der Waals surface area contributed by atoms with Crippen molar-refractivity contribution in [2.24, 2.45) is 0 Å². The summed E-state index contributed by atoms with van der Waals surface area (Å²) in [4.78, 5) is 13.0. The Balaban J connectivity index is 2.28. The molecule has 4 nitrogen and oxygen atoms in total. The number of rotatable bonds is 8. The van der Waals surface area contributed by atoms with Gasteiger partial charge in [-0.05, 0) is 24.1 Å². The summed E-state index contributed by atoms with van der Waals surface area (Å²) in [5.74, 6) is 0.182. The molecule has 1 amide bonds. The van der Waals surface area contributed by atoms with E-state index in [1.807, 2.05) is 12.1 Å². The molecule has 0 fully saturated rings. The Labute approximate surface area is 115 Å². The molecule has 0 saturated heterocycles. The van der Waals surface area contributed by atoms with Crippen molar-refractivity contribution < 1.29 is 9.53 Å². The van der Waals surface area contributed by atoms with E-state index < -0.39 is 0 Å². The van der Waals surface area contributed by atoms with E-state index in [1.165, 1.54) is 11.1 Å². The van der Waals surface area contributed by atoms with Gasteiger partial charge in [-0.25, -0.2) is 0 Å². The molecule has 4 heteroatoms. The molecule has 0 bridgehead atoms. The summed E-state index contributed by atoms with van der Waals surface area (Å²) in [5.41, 5.74) is 2.46. The van der Waals surface area contributed by atoms with Crippen LogP contribution in [0.1, 0.15) is 24.0 Å². The van der Waals surface area contributed by atoms with Gasteiger partial charge in [-0.2, -0.15) is 0 Å². The molecule has 0 spiro atoms. The zero-order valence-corrected chi connectivity index (χ0v) is 12.1. The maximum atomic E-state index is 11.4. The second-order valence-corrected chi connectivity index (χ2v) is 4.77. The highest BCUT2D eigenvalue weighted by atomic mass is 16.5. The van der Waals surface area contributed by atoms with Crippen LogP contribution in [-0.4, -0.2) is 38.6 Å². The summed E-state index contributed by atoms with van der Waals surface area (Å²) in [6.45, 7) is 2.30. The summed E-state index contributed by atoms with van der Waals surface area (Å²) in [6.07, 6.45) is 1.46. The number of nitrogens with zero attached hydrogens (tertiary/aromatic N) is 1. The molecule has 0 aliphatic rings. The molecule has 1 aromatic rings. The van der Waals surface area contributed by atoms with E-state index in [4.69, 9.17) is 4.74 Å². The van der Waals surface area contributed by atoms with Gasteiger partial charge in [-0.3, -0.25) is 4.79 Å². The molecule has 0 unspecified atom stereocenters. The molecule has 0 aliphatic heterocycles. The third-order valence-electron chi connectivity index (χ3n) is 2.98. The van der Waals surface area contributed by atoms with Crippen LogP contribution >= 0.6 is 0 Å².